The van der Waals surface area contributed by atoms with Crippen molar-refractivity contribution in [3.63, 3.8) is 0 Å². The summed E-state index contributed by atoms with van der Waals surface area (Å²) in [6, 6.07) is 0.155. The first kappa shape index (κ1) is 12.5. The second-order valence-corrected chi connectivity index (χ2v) is 4.73. The molecule has 0 saturated carbocycles. The number of nitrogens with one attached hydrogen (secondary N) is 2. The van der Waals surface area contributed by atoms with Crippen LogP contribution in [0.25, 0.3) is 0 Å². The van der Waals surface area contributed by atoms with Crippen molar-refractivity contribution in [2.24, 2.45) is 5.41 Å². The maximum Gasteiger partial charge on any atom is 0.227 e. The Hall–Kier alpha value is -0.610. The van der Waals surface area contributed by atoms with Crippen LogP contribution in [0, 0.1) is 5.41 Å². The highest BCUT2D eigenvalue weighted by molar-refractivity contribution is 5.83. The number of aliphatic hydroxyl groups excluding tert-OH is 1. The zero-order valence-corrected chi connectivity index (χ0v) is 9.68. The molecule has 1 aliphatic heterocycles. The lowest BCUT2D eigenvalue weighted by Crippen LogP contribution is -2.44. The number of carbonyl (C=O) groups is 1. The highest BCUT2D eigenvalue weighted by atomic mass is 16.3. The second-order valence-electron chi connectivity index (χ2n) is 4.73. The lowest BCUT2D eigenvalue weighted by molar-refractivity contribution is -0.129. The topological polar surface area (TPSA) is 61.4 Å². The van der Waals surface area contributed by atoms with Crippen LogP contribution >= 0.6 is 0 Å². The summed E-state index contributed by atoms with van der Waals surface area (Å²) in [5.41, 5.74) is -0.243. The van der Waals surface area contributed by atoms with Crippen LogP contribution in [0.1, 0.15) is 33.1 Å². The summed E-state index contributed by atoms with van der Waals surface area (Å²) in [6.07, 6.45) is 2.49. The Morgan fingerprint density at radius 1 is 1.67 bits per heavy atom. The smallest absolute Gasteiger partial charge is 0.227 e. The minimum atomic E-state index is -0.243. The van der Waals surface area contributed by atoms with Crippen molar-refractivity contribution in [3.8, 4) is 0 Å². The van der Waals surface area contributed by atoms with Gasteiger partial charge in [0.2, 0.25) is 5.91 Å². The van der Waals surface area contributed by atoms with E-state index in [1.165, 1.54) is 0 Å². The average molecular weight is 214 g/mol. The minimum Gasteiger partial charge on any atom is -0.396 e. The number of carbonyl (C=O) groups excluding carboxylic acids is 1. The zero-order valence-electron chi connectivity index (χ0n) is 9.68. The third kappa shape index (κ3) is 3.47. The second kappa shape index (κ2) is 5.47. The van der Waals surface area contributed by atoms with Gasteiger partial charge in [-0.3, -0.25) is 4.79 Å². The van der Waals surface area contributed by atoms with Gasteiger partial charge in [-0.05, 0) is 39.7 Å². The lowest BCUT2D eigenvalue weighted by Gasteiger charge is -2.24. The van der Waals surface area contributed by atoms with Gasteiger partial charge in [-0.2, -0.15) is 0 Å². The molecule has 0 bridgehead atoms. The molecule has 4 nitrogen and oxygen atoms in total. The van der Waals surface area contributed by atoms with Gasteiger partial charge in [0.15, 0.2) is 0 Å². The summed E-state index contributed by atoms with van der Waals surface area (Å²) in [7, 11) is 0. The van der Waals surface area contributed by atoms with E-state index in [1.807, 2.05) is 13.8 Å². The molecule has 0 aromatic rings. The van der Waals surface area contributed by atoms with Crippen LogP contribution in [0.2, 0.25) is 0 Å². The SMILES string of the molecule is CC(CCCO)NC(=O)C1(C)CCNC1. The summed E-state index contributed by atoms with van der Waals surface area (Å²) < 4.78 is 0. The van der Waals surface area contributed by atoms with Gasteiger partial charge in [0, 0.05) is 19.2 Å². The summed E-state index contributed by atoms with van der Waals surface area (Å²) >= 11 is 0. The Labute approximate surface area is 91.4 Å². The molecule has 4 heteroatoms. The fourth-order valence-electron chi connectivity index (χ4n) is 1.88. The Morgan fingerprint density at radius 2 is 2.40 bits per heavy atom. The third-order valence-corrected chi connectivity index (χ3v) is 3.09. The fourth-order valence-corrected chi connectivity index (χ4v) is 1.88. The maximum absolute atomic E-state index is 11.9. The number of hydrogen-bond acceptors (Lipinski definition) is 3. The molecule has 0 spiro atoms. The molecule has 1 saturated heterocycles. The molecule has 1 heterocycles. The summed E-state index contributed by atoms with van der Waals surface area (Å²) in [5, 5.41) is 14.9. The van der Waals surface area contributed by atoms with E-state index >= 15 is 0 Å². The van der Waals surface area contributed by atoms with Crippen LogP contribution in [-0.4, -0.2) is 36.8 Å². The highest BCUT2D eigenvalue weighted by Gasteiger charge is 2.36. The van der Waals surface area contributed by atoms with E-state index in [0.29, 0.717) is 0 Å². The number of amides is 1. The summed E-state index contributed by atoms with van der Waals surface area (Å²) in [5.74, 6) is 0.137. The van der Waals surface area contributed by atoms with E-state index in [0.717, 1.165) is 32.4 Å². The minimum absolute atomic E-state index is 0.137. The summed E-state index contributed by atoms with van der Waals surface area (Å²) in [4.78, 5) is 11.9. The van der Waals surface area contributed by atoms with E-state index in [4.69, 9.17) is 5.11 Å². The molecule has 0 aliphatic carbocycles. The molecule has 15 heavy (non-hydrogen) atoms. The molecule has 0 radical (unpaired) electrons. The Bertz CT molecular complexity index is 213. The van der Waals surface area contributed by atoms with Gasteiger partial charge in [-0.15, -0.1) is 0 Å². The highest BCUT2D eigenvalue weighted by Crippen LogP contribution is 2.24. The molecule has 2 atom stereocenters. The van der Waals surface area contributed by atoms with Crippen LogP contribution in [0.5, 0.6) is 0 Å². The predicted molar refractivity (Wildman–Crippen MR) is 59.5 cm³/mol. The summed E-state index contributed by atoms with van der Waals surface area (Å²) in [6.45, 7) is 5.87. The Kier molecular flexibility index (Phi) is 4.54. The van der Waals surface area contributed by atoms with Crippen molar-refractivity contribution in [2.75, 3.05) is 19.7 Å². The molecule has 3 N–H and O–H groups in total. The van der Waals surface area contributed by atoms with E-state index in [9.17, 15) is 4.79 Å². The van der Waals surface area contributed by atoms with Crippen LogP contribution in [0.15, 0.2) is 0 Å². The van der Waals surface area contributed by atoms with E-state index in [1.54, 1.807) is 0 Å². The molecule has 88 valence electrons. The molecule has 1 amide bonds. The van der Waals surface area contributed by atoms with Crippen molar-refractivity contribution < 1.29 is 9.90 Å². The molecular weight excluding hydrogens is 192 g/mol. The van der Waals surface area contributed by atoms with Gasteiger partial charge >= 0.3 is 0 Å². The van der Waals surface area contributed by atoms with Gasteiger partial charge in [-0.25, -0.2) is 0 Å². The van der Waals surface area contributed by atoms with Crippen molar-refractivity contribution in [3.05, 3.63) is 0 Å². The van der Waals surface area contributed by atoms with Gasteiger partial charge in [0.05, 0.1) is 5.41 Å². The fraction of sp³-hybridized carbons (Fsp3) is 0.909. The van der Waals surface area contributed by atoms with Crippen LogP contribution in [-0.2, 0) is 4.79 Å². The molecule has 1 rings (SSSR count). The Balaban J connectivity index is 2.34. The van der Waals surface area contributed by atoms with Crippen molar-refractivity contribution in [2.45, 2.75) is 39.2 Å². The van der Waals surface area contributed by atoms with Crippen LogP contribution < -0.4 is 10.6 Å². The van der Waals surface area contributed by atoms with Gasteiger partial charge in [0.1, 0.15) is 0 Å². The first-order valence-electron chi connectivity index (χ1n) is 5.71. The van der Waals surface area contributed by atoms with Crippen LogP contribution in [0.4, 0.5) is 0 Å². The van der Waals surface area contributed by atoms with Gasteiger partial charge in [0.25, 0.3) is 0 Å². The van der Waals surface area contributed by atoms with E-state index < -0.39 is 0 Å². The van der Waals surface area contributed by atoms with Crippen molar-refractivity contribution >= 4 is 5.91 Å². The average Bonchev–Trinajstić information content (AvgIpc) is 2.63. The van der Waals surface area contributed by atoms with E-state index in [2.05, 4.69) is 10.6 Å². The molecule has 0 aromatic heterocycles. The van der Waals surface area contributed by atoms with Crippen molar-refractivity contribution in [1.82, 2.24) is 10.6 Å². The Morgan fingerprint density at radius 3 is 2.93 bits per heavy atom. The molecule has 2 unspecified atom stereocenters. The largest absolute Gasteiger partial charge is 0.396 e. The molecule has 0 aromatic carbocycles. The van der Waals surface area contributed by atoms with E-state index in [-0.39, 0.29) is 24.0 Å². The normalized spacial score (nSPS) is 27.7. The van der Waals surface area contributed by atoms with Crippen LogP contribution in [0.3, 0.4) is 0 Å². The number of hydrogen-bond donors (Lipinski definition) is 3. The predicted octanol–water partition coefficient (Wildman–Crippen LogP) is 0.263. The van der Waals surface area contributed by atoms with Crippen molar-refractivity contribution in [1.29, 1.82) is 0 Å². The molecule has 1 fully saturated rings. The molecular formula is C11H22N2O2. The maximum atomic E-state index is 11.9. The number of rotatable bonds is 5. The monoisotopic (exact) mass is 214 g/mol. The van der Waals surface area contributed by atoms with Gasteiger partial charge < -0.3 is 15.7 Å². The lowest BCUT2D eigenvalue weighted by atomic mass is 9.88. The standard InChI is InChI=1S/C11H22N2O2/c1-9(4-3-7-14)13-10(15)11(2)5-6-12-8-11/h9,12,14H,3-8H2,1-2H3,(H,13,15). The first-order chi connectivity index (χ1) is 7.08. The molecule has 1 aliphatic rings. The zero-order chi connectivity index (χ0) is 11.3. The number of aliphatic hydroxyl groups is 1. The first-order valence-corrected chi connectivity index (χ1v) is 5.71. The quantitative estimate of drug-likeness (QED) is 0.615. The third-order valence-electron chi connectivity index (χ3n) is 3.09. The van der Waals surface area contributed by atoms with Gasteiger partial charge in [-0.1, -0.05) is 0 Å².